The van der Waals surface area contributed by atoms with Crippen LogP contribution in [0.1, 0.15) is 32.6 Å². The maximum Gasteiger partial charge on any atom is 0.238 e. The van der Waals surface area contributed by atoms with Gasteiger partial charge in [-0.2, -0.15) is 0 Å². The molecule has 1 fully saturated rings. The van der Waals surface area contributed by atoms with E-state index in [2.05, 4.69) is 5.43 Å². The Balaban J connectivity index is 2.30. The summed E-state index contributed by atoms with van der Waals surface area (Å²) >= 11 is 0. The first-order valence-corrected chi connectivity index (χ1v) is 5.53. The molecule has 3 N–H and O–H groups in total. The van der Waals surface area contributed by atoms with E-state index in [9.17, 15) is 4.79 Å². The fraction of sp³-hybridized carbons (Fsp3) is 0.900. The Hall–Kier alpha value is -0.610. The van der Waals surface area contributed by atoms with Gasteiger partial charge in [-0.25, -0.2) is 5.01 Å². The third-order valence-corrected chi connectivity index (χ3v) is 2.77. The zero-order valence-electron chi connectivity index (χ0n) is 8.96. The molecule has 14 heavy (non-hydrogen) atoms. The molecule has 1 unspecified atom stereocenters. The highest BCUT2D eigenvalue weighted by molar-refractivity contribution is 5.78. The van der Waals surface area contributed by atoms with E-state index in [1.807, 2.05) is 11.9 Å². The number of nitrogens with one attached hydrogen (secondary N) is 1. The normalized spacial score (nSPS) is 20.4. The molecule has 0 aromatic carbocycles. The predicted molar refractivity (Wildman–Crippen MR) is 56.4 cm³/mol. The van der Waals surface area contributed by atoms with Gasteiger partial charge in [-0.1, -0.05) is 13.3 Å². The molecule has 1 amide bonds. The van der Waals surface area contributed by atoms with Crippen LogP contribution < -0.4 is 11.2 Å². The third kappa shape index (κ3) is 3.27. The molecule has 1 aliphatic heterocycles. The van der Waals surface area contributed by atoms with Gasteiger partial charge in [0.05, 0.1) is 5.92 Å². The lowest BCUT2D eigenvalue weighted by Gasteiger charge is -2.28. The van der Waals surface area contributed by atoms with Gasteiger partial charge in [0.25, 0.3) is 0 Å². The summed E-state index contributed by atoms with van der Waals surface area (Å²) in [6.45, 7) is 4.39. The highest BCUT2D eigenvalue weighted by atomic mass is 16.2. The van der Waals surface area contributed by atoms with Gasteiger partial charge < -0.3 is 5.73 Å². The van der Waals surface area contributed by atoms with Gasteiger partial charge in [-0.15, -0.1) is 0 Å². The highest BCUT2D eigenvalue weighted by Gasteiger charge is 2.18. The molecule has 1 atom stereocenters. The average Bonchev–Trinajstić information content (AvgIpc) is 2.21. The molecule has 4 heteroatoms. The molecule has 1 rings (SSSR count). The van der Waals surface area contributed by atoms with Crippen molar-refractivity contribution in [1.82, 2.24) is 10.4 Å². The summed E-state index contributed by atoms with van der Waals surface area (Å²) < 4.78 is 0. The molecule has 0 radical (unpaired) electrons. The summed E-state index contributed by atoms with van der Waals surface area (Å²) in [6, 6.07) is 0. The quantitative estimate of drug-likeness (QED) is 0.692. The van der Waals surface area contributed by atoms with Gasteiger partial charge >= 0.3 is 0 Å². The van der Waals surface area contributed by atoms with Crippen molar-refractivity contribution in [2.75, 3.05) is 19.6 Å². The van der Waals surface area contributed by atoms with E-state index in [4.69, 9.17) is 5.73 Å². The number of amides is 1. The van der Waals surface area contributed by atoms with E-state index < -0.39 is 0 Å². The molecule has 0 bridgehead atoms. The van der Waals surface area contributed by atoms with Crippen molar-refractivity contribution in [2.45, 2.75) is 32.6 Å². The number of nitrogens with two attached hydrogens (primary N) is 1. The van der Waals surface area contributed by atoms with Crippen molar-refractivity contribution in [2.24, 2.45) is 11.7 Å². The minimum Gasteiger partial charge on any atom is -0.330 e. The molecule has 0 aromatic heterocycles. The van der Waals surface area contributed by atoms with Crippen LogP contribution in [0.3, 0.4) is 0 Å². The second-order valence-corrected chi connectivity index (χ2v) is 3.86. The number of hydrogen-bond donors (Lipinski definition) is 2. The Morgan fingerprint density at radius 2 is 2.07 bits per heavy atom. The summed E-state index contributed by atoms with van der Waals surface area (Å²) in [7, 11) is 0. The fourth-order valence-electron chi connectivity index (χ4n) is 1.71. The van der Waals surface area contributed by atoms with E-state index >= 15 is 0 Å². The van der Waals surface area contributed by atoms with Crippen LogP contribution in [-0.2, 0) is 4.79 Å². The standard InChI is InChI=1S/C10H21N3O/c1-2-9(8-11)10(14)12-13-6-4-3-5-7-13/h9H,2-8,11H2,1H3,(H,12,14). The van der Waals surface area contributed by atoms with Gasteiger partial charge in [0.1, 0.15) is 0 Å². The molecule has 0 spiro atoms. The molecular formula is C10H21N3O. The number of carbonyl (C=O) groups is 1. The third-order valence-electron chi connectivity index (χ3n) is 2.77. The summed E-state index contributed by atoms with van der Waals surface area (Å²) in [6.07, 6.45) is 4.45. The molecule has 4 nitrogen and oxygen atoms in total. The van der Waals surface area contributed by atoms with Crippen molar-refractivity contribution < 1.29 is 4.79 Å². The number of rotatable bonds is 4. The minimum atomic E-state index is -0.0306. The lowest BCUT2D eigenvalue weighted by atomic mass is 10.1. The van der Waals surface area contributed by atoms with Gasteiger partial charge in [-0.05, 0) is 19.3 Å². The van der Waals surface area contributed by atoms with Crippen molar-refractivity contribution in [3.05, 3.63) is 0 Å². The molecule has 1 saturated heterocycles. The number of carbonyl (C=O) groups excluding carboxylic acids is 1. The zero-order chi connectivity index (χ0) is 10.4. The van der Waals surface area contributed by atoms with Crippen LogP contribution in [0.2, 0.25) is 0 Å². The Bertz CT molecular complexity index is 174. The van der Waals surface area contributed by atoms with Crippen LogP contribution in [0.25, 0.3) is 0 Å². The largest absolute Gasteiger partial charge is 0.330 e. The zero-order valence-corrected chi connectivity index (χ0v) is 8.96. The van der Waals surface area contributed by atoms with Crippen molar-refractivity contribution in [3.63, 3.8) is 0 Å². The number of piperidine rings is 1. The summed E-state index contributed by atoms with van der Waals surface area (Å²) in [5.41, 5.74) is 8.45. The molecule has 1 aliphatic rings. The van der Waals surface area contributed by atoms with Crippen LogP contribution in [0.15, 0.2) is 0 Å². The van der Waals surface area contributed by atoms with Crippen molar-refractivity contribution in [1.29, 1.82) is 0 Å². The maximum atomic E-state index is 11.6. The molecule has 0 aliphatic carbocycles. The van der Waals surface area contributed by atoms with Gasteiger partial charge in [-0.3, -0.25) is 10.2 Å². The Kier molecular flexibility index (Phi) is 4.90. The average molecular weight is 199 g/mol. The first-order valence-electron chi connectivity index (χ1n) is 5.53. The Morgan fingerprint density at radius 3 is 2.57 bits per heavy atom. The Labute approximate surface area is 85.8 Å². The molecule has 82 valence electrons. The van der Waals surface area contributed by atoms with Crippen LogP contribution in [-0.4, -0.2) is 30.6 Å². The van der Waals surface area contributed by atoms with Crippen molar-refractivity contribution in [3.8, 4) is 0 Å². The Morgan fingerprint density at radius 1 is 1.43 bits per heavy atom. The van der Waals surface area contributed by atoms with Gasteiger partial charge in [0.2, 0.25) is 5.91 Å². The smallest absolute Gasteiger partial charge is 0.238 e. The predicted octanol–water partition coefficient (Wildman–Crippen LogP) is 0.488. The first-order chi connectivity index (χ1) is 6.77. The van der Waals surface area contributed by atoms with E-state index in [0.717, 1.165) is 19.5 Å². The number of hydrazine groups is 1. The monoisotopic (exact) mass is 199 g/mol. The van der Waals surface area contributed by atoms with Crippen molar-refractivity contribution >= 4 is 5.91 Å². The minimum absolute atomic E-state index is 0.0306. The van der Waals surface area contributed by atoms with Crippen LogP contribution in [0, 0.1) is 5.92 Å². The van der Waals surface area contributed by atoms with E-state index in [-0.39, 0.29) is 11.8 Å². The molecule has 0 aromatic rings. The summed E-state index contributed by atoms with van der Waals surface area (Å²) in [5, 5.41) is 2.02. The van der Waals surface area contributed by atoms with E-state index in [1.165, 1.54) is 19.3 Å². The molecule has 0 saturated carbocycles. The van der Waals surface area contributed by atoms with Crippen LogP contribution in [0.5, 0.6) is 0 Å². The van der Waals surface area contributed by atoms with Crippen LogP contribution >= 0.6 is 0 Å². The lowest BCUT2D eigenvalue weighted by Crippen LogP contribution is -2.48. The second kappa shape index (κ2) is 5.98. The van der Waals surface area contributed by atoms with E-state index in [0.29, 0.717) is 6.54 Å². The SMILES string of the molecule is CCC(CN)C(=O)NN1CCCCC1. The fourth-order valence-corrected chi connectivity index (χ4v) is 1.71. The maximum absolute atomic E-state index is 11.6. The summed E-state index contributed by atoms with van der Waals surface area (Å²) in [5.74, 6) is 0.0498. The summed E-state index contributed by atoms with van der Waals surface area (Å²) in [4.78, 5) is 11.6. The van der Waals surface area contributed by atoms with Gasteiger partial charge in [0.15, 0.2) is 0 Å². The molecule has 1 heterocycles. The first kappa shape index (κ1) is 11.5. The molecular weight excluding hydrogens is 178 g/mol. The van der Waals surface area contributed by atoms with Gasteiger partial charge in [0, 0.05) is 19.6 Å². The number of hydrogen-bond acceptors (Lipinski definition) is 3. The topological polar surface area (TPSA) is 58.4 Å². The highest BCUT2D eigenvalue weighted by Crippen LogP contribution is 2.07. The number of nitrogens with zero attached hydrogens (tertiary/aromatic N) is 1. The lowest BCUT2D eigenvalue weighted by molar-refractivity contribution is -0.130. The second-order valence-electron chi connectivity index (χ2n) is 3.86. The van der Waals surface area contributed by atoms with Crippen LogP contribution in [0.4, 0.5) is 0 Å². The van der Waals surface area contributed by atoms with E-state index in [1.54, 1.807) is 0 Å².